The van der Waals surface area contributed by atoms with Crippen molar-refractivity contribution < 1.29 is 21.9 Å². The fourth-order valence-corrected chi connectivity index (χ4v) is 19.7. The Kier molecular flexibility index (Phi) is 8.56. The highest BCUT2D eigenvalue weighted by Gasteiger charge is 2.45. The lowest BCUT2D eigenvalue weighted by Gasteiger charge is -2.39. The van der Waals surface area contributed by atoms with Crippen LogP contribution < -0.4 is 0 Å². The molecule has 0 aliphatic carbocycles. The molecule has 0 N–H and O–H groups in total. The van der Waals surface area contributed by atoms with E-state index in [9.17, 15) is 9.59 Å². The van der Waals surface area contributed by atoms with E-state index in [0.29, 0.717) is 6.42 Å². The molecule has 0 heterocycles. The molecule has 7 nitrogen and oxygen atoms in total. The van der Waals surface area contributed by atoms with E-state index in [1.807, 2.05) is 32.7 Å². The van der Waals surface area contributed by atoms with Gasteiger partial charge in [0.15, 0.2) is 13.6 Å². The predicted molar refractivity (Wildman–Crippen MR) is 104 cm³/mol. The molecule has 0 amide bonds. The van der Waals surface area contributed by atoms with Gasteiger partial charge in [-0.3, -0.25) is 0 Å². The van der Waals surface area contributed by atoms with Crippen LogP contribution in [0.3, 0.4) is 0 Å². The molecule has 1 atom stereocenters. The Hall–Kier alpha value is -0.492. The van der Waals surface area contributed by atoms with Gasteiger partial charge in [-0.15, -0.1) is 0 Å². The van der Waals surface area contributed by atoms with E-state index in [4.69, 9.17) is 12.3 Å². The van der Waals surface area contributed by atoms with Crippen LogP contribution in [-0.2, 0) is 21.9 Å². The zero-order valence-electron chi connectivity index (χ0n) is 16.2. The lowest BCUT2D eigenvalue weighted by Crippen LogP contribution is -2.56. The van der Waals surface area contributed by atoms with Crippen LogP contribution in [0.25, 0.3) is 0 Å². The third-order valence-corrected chi connectivity index (χ3v) is 17.2. The van der Waals surface area contributed by atoms with Gasteiger partial charge in [0.1, 0.15) is 0 Å². The number of hydrogen-bond acceptors (Lipinski definition) is 7. The molecule has 0 spiro atoms. The number of nitrogens with zero attached hydrogens (tertiary/aromatic N) is 2. The van der Waals surface area contributed by atoms with E-state index in [1.54, 1.807) is 6.92 Å². The fraction of sp³-hybridized carbons (Fsp3) is 0.846. The summed E-state index contributed by atoms with van der Waals surface area (Å²) >= 11 is 0. The summed E-state index contributed by atoms with van der Waals surface area (Å²) in [5.41, 5.74) is 0. The Labute approximate surface area is 149 Å². The Balaban J connectivity index is 5.32. The summed E-state index contributed by atoms with van der Waals surface area (Å²) in [4.78, 5) is 29.1. The maximum Gasteiger partial charge on any atom is 0.312 e. The first-order valence-electron chi connectivity index (χ1n) is 7.99. The van der Waals surface area contributed by atoms with E-state index in [0.717, 1.165) is 0 Å². The minimum Gasteiger partial charge on any atom is -0.437 e. The maximum atomic E-state index is 10.8. The molecule has 1 unspecified atom stereocenters. The maximum absolute atomic E-state index is 10.8. The van der Waals surface area contributed by atoms with Crippen molar-refractivity contribution in [2.45, 2.75) is 71.0 Å². The van der Waals surface area contributed by atoms with Crippen molar-refractivity contribution in [1.29, 1.82) is 0 Å². The highest BCUT2D eigenvalue weighted by Crippen LogP contribution is 2.27. The van der Waals surface area contributed by atoms with Crippen LogP contribution in [0, 0.1) is 0 Å². The van der Waals surface area contributed by atoms with Gasteiger partial charge in [-0.25, -0.2) is 9.59 Å². The minimum absolute atomic E-state index is 0.377. The van der Waals surface area contributed by atoms with Crippen LogP contribution in [0.1, 0.15) is 13.3 Å². The van der Waals surface area contributed by atoms with Gasteiger partial charge in [0.25, 0.3) is 0 Å². The monoisotopic (exact) mass is 406 g/mol. The van der Waals surface area contributed by atoms with E-state index < -0.39 is 39.8 Å². The van der Waals surface area contributed by atoms with Crippen LogP contribution in [0.4, 0.5) is 0 Å². The number of carbonyl (C=O) groups excluding carboxylic acids is 2. The number of aliphatic imine (C=N–C) groups is 2. The van der Waals surface area contributed by atoms with Crippen molar-refractivity contribution in [2.24, 2.45) is 9.98 Å². The van der Waals surface area contributed by atoms with Crippen molar-refractivity contribution in [2.75, 3.05) is 0 Å². The Morgan fingerprint density at radius 3 is 1.71 bits per heavy atom. The molecular weight excluding hydrogens is 376 g/mol. The molecule has 0 aromatic rings. The first kappa shape index (κ1) is 23.5. The van der Waals surface area contributed by atoms with Gasteiger partial charge >= 0.3 is 17.1 Å². The van der Waals surface area contributed by atoms with Crippen LogP contribution in [0.5, 0.6) is 0 Å². The second-order valence-corrected chi connectivity index (χ2v) is 22.1. The van der Waals surface area contributed by atoms with Gasteiger partial charge in [-0.1, -0.05) is 6.92 Å². The molecule has 0 radical (unpaired) electrons. The van der Waals surface area contributed by atoms with Gasteiger partial charge < -0.3 is 12.3 Å². The third kappa shape index (κ3) is 8.06. The van der Waals surface area contributed by atoms with E-state index in [-0.39, 0.29) is 0 Å². The highest BCUT2D eigenvalue weighted by atomic mass is 28.5. The molecule has 0 fully saturated rings. The molecule has 0 aliphatic heterocycles. The average Bonchev–Trinajstić information content (AvgIpc) is 2.32. The summed E-state index contributed by atoms with van der Waals surface area (Å²) in [6, 6.07) is 0. The predicted octanol–water partition coefficient (Wildman–Crippen LogP) is 2.95. The molecule has 0 rings (SSSR count). The SMILES string of the molecule is CCC(N=C=O)(N=C=O)[SiH](C)O[Si](C)(C)O[Si](C)(C)O[Si](C)(C)C. The molecule has 0 aliphatic rings. The van der Waals surface area contributed by atoms with Crippen LogP contribution in [0.2, 0.25) is 52.4 Å². The summed E-state index contributed by atoms with van der Waals surface area (Å²) in [6.07, 6.45) is 3.40. The van der Waals surface area contributed by atoms with Crippen LogP contribution in [0.15, 0.2) is 9.98 Å². The molecule has 24 heavy (non-hydrogen) atoms. The molecule has 0 bridgehead atoms. The summed E-state index contributed by atoms with van der Waals surface area (Å²) < 4.78 is 18.7. The molecule has 0 aromatic carbocycles. The van der Waals surface area contributed by atoms with Crippen molar-refractivity contribution in [3.63, 3.8) is 0 Å². The second kappa shape index (κ2) is 8.74. The topological polar surface area (TPSA) is 86.6 Å². The van der Waals surface area contributed by atoms with Gasteiger partial charge in [-0.2, -0.15) is 9.98 Å². The van der Waals surface area contributed by atoms with Crippen molar-refractivity contribution in [3.8, 4) is 0 Å². The summed E-state index contributed by atoms with van der Waals surface area (Å²) in [7, 11) is -8.81. The van der Waals surface area contributed by atoms with E-state index in [2.05, 4.69) is 29.6 Å². The van der Waals surface area contributed by atoms with Gasteiger partial charge in [-0.05, 0) is 58.8 Å². The molecule has 11 heteroatoms. The molecule has 0 saturated heterocycles. The largest absolute Gasteiger partial charge is 0.437 e. The molecular formula is C13H30N2O5Si4. The van der Waals surface area contributed by atoms with E-state index in [1.165, 1.54) is 12.2 Å². The normalized spacial score (nSPS) is 16.5. The third-order valence-electron chi connectivity index (χ3n) is 3.15. The number of rotatable bonds is 10. The standard InChI is InChI=1S/C13H30N2O5Si4/c1-10-13(14-11-16,15-12-17)21(2)18-23(6,7)20-24(8,9)19-22(3,4)5/h21H,10H2,1-9H3. The zero-order valence-corrected chi connectivity index (χ0v) is 20.4. The van der Waals surface area contributed by atoms with E-state index >= 15 is 0 Å². The highest BCUT2D eigenvalue weighted by molar-refractivity contribution is 6.87. The van der Waals surface area contributed by atoms with Crippen molar-refractivity contribution >= 4 is 46.6 Å². The van der Waals surface area contributed by atoms with Crippen molar-refractivity contribution in [1.82, 2.24) is 0 Å². The first-order valence-corrected chi connectivity index (χ1v) is 19.2. The van der Waals surface area contributed by atoms with Gasteiger partial charge in [0.05, 0.1) is 0 Å². The minimum atomic E-state index is -2.54. The summed E-state index contributed by atoms with van der Waals surface area (Å²) in [5, 5.41) is -1.18. The Morgan fingerprint density at radius 1 is 0.917 bits per heavy atom. The zero-order chi connectivity index (χ0) is 19.2. The van der Waals surface area contributed by atoms with Gasteiger partial charge in [0, 0.05) is 0 Å². The molecule has 138 valence electrons. The average molecular weight is 407 g/mol. The van der Waals surface area contributed by atoms with Crippen LogP contribution >= 0.6 is 0 Å². The molecule has 0 aromatic heterocycles. The fourth-order valence-electron chi connectivity index (χ4n) is 2.70. The Morgan fingerprint density at radius 2 is 1.38 bits per heavy atom. The number of isocyanates is 2. The smallest absolute Gasteiger partial charge is 0.312 e. The van der Waals surface area contributed by atoms with Crippen LogP contribution in [-0.4, -0.2) is 51.9 Å². The van der Waals surface area contributed by atoms with Gasteiger partial charge in [0.2, 0.25) is 21.2 Å². The summed E-state index contributed by atoms with van der Waals surface area (Å²) in [6.45, 7) is 17.9. The number of hydrogen-bond donors (Lipinski definition) is 0. The second-order valence-electron chi connectivity index (χ2n) is 7.51. The Bertz CT molecular complexity index is 505. The molecule has 0 saturated carbocycles. The quantitative estimate of drug-likeness (QED) is 0.316. The lowest BCUT2D eigenvalue weighted by molar-refractivity contribution is 0.325. The summed E-state index contributed by atoms with van der Waals surface area (Å²) in [5.74, 6) is 0. The first-order chi connectivity index (χ1) is 10.7. The van der Waals surface area contributed by atoms with Crippen molar-refractivity contribution in [3.05, 3.63) is 0 Å². The lowest BCUT2D eigenvalue weighted by atomic mass is 10.4.